The molecule has 1 fully saturated rings. The molecule has 0 aromatic heterocycles. The number of aliphatic hydroxyl groups is 1. The number of carbonyl (C=O) groups is 1. The smallest absolute Gasteiger partial charge is 0.229 e. The number of rotatable bonds is 3. The lowest BCUT2D eigenvalue weighted by molar-refractivity contribution is -0.133. The van der Waals surface area contributed by atoms with Crippen LogP contribution in [-0.2, 0) is 4.79 Å². The fourth-order valence-corrected chi connectivity index (χ4v) is 3.21. The van der Waals surface area contributed by atoms with E-state index in [1.807, 2.05) is 30.3 Å². The van der Waals surface area contributed by atoms with Gasteiger partial charge in [-0.15, -0.1) is 0 Å². The van der Waals surface area contributed by atoms with Gasteiger partial charge in [-0.25, -0.2) is 0 Å². The van der Waals surface area contributed by atoms with Crippen LogP contribution in [0.4, 0.5) is 0 Å². The minimum Gasteiger partial charge on any atom is -0.508 e. The van der Waals surface area contributed by atoms with Crippen molar-refractivity contribution in [3.05, 3.63) is 65.7 Å². The number of benzene rings is 2. The first-order valence-corrected chi connectivity index (χ1v) is 7.35. The Hall–Kier alpha value is -2.33. The van der Waals surface area contributed by atoms with Crippen molar-refractivity contribution in [3.8, 4) is 5.75 Å². The van der Waals surface area contributed by atoms with E-state index >= 15 is 0 Å². The quantitative estimate of drug-likeness (QED) is 0.914. The van der Waals surface area contributed by atoms with Gasteiger partial charge in [-0.1, -0.05) is 42.5 Å². The van der Waals surface area contributed by atoms with Crippen LogP contribution >= 0.6 is 0 Å². The van der Waals surface area contributed by atoms with Crippen molar-refractivity contribution in [2.24, 2.45) is 5.92 Å². The molecule has 0 unspecified atom stereocenters. The zero-order chi connectivity index (χ0) is 15.7. The Balaban J connectivity index is 1.96. The average Bonchev–Trinajstić information content (AvgIpc) is 2.83. The highest BCUT2D eigenvalue weighted by molar-refractivity contribution is 5.83. The largest absolute Gasteiger partial charge is 0.508 e. The number of carbonyl (C=O) groups excluding carboxylic acids is 1. The van der Waals surface area contributed by atoms with E-state index in [0.29, 0.717) is 12.1 Å². The molecule has 1 heterocycles. The van der Waals surface area contributed by atoms with Crippen LogP contribution in [0.5, 0.6) is 5.75 Å². The van der Waals surface area contributed by atoms with Crippen LogP contribution in [-0.4, -0.2) is 34.6 Å². The molecule has 1 aliphatic heterocycles. The Kier molecular flexibility index (Phi) is 3.86. The molecule has 0 saturated carbocycles. The number of likely N-dealkylation sites (N-methyl/N-ethyl adjacent to an activating group) is 1. The van der Waals surface area contributed by atoms with Crippen LogP contribution in [0.3, 0.4) is 0 Å². The Morgan fingerprint density at radius 1 is 1.14 bits per heavy atom. The molecule has 0 aliphatic carbocycles. The van der Waals surface area contributed by atoms with Crippen molar-refractivity contribution < 1.29 is 15.0 Å². The Morgan fingerprint density at radius 3 is 2.55 bits per heavy atom. The zero-order valence-corrected chi connectivity index (χ0v) is 12.4. The minimum atomic E-state index is -0.935. The molecule has 1 amide bonds. The summed E-state index contributed by atoms with van der Waals surface area (Å²) in [6.07, 6.45) is -0.935. The minimum absolute atomic E-state index is 0.0592. The SMILES string of the molecule is CN1C[C@H](c2ccccc2)[C@@H]([C@H](O)c2cccc(O)c2)C1=O. The molecule has 0 bridgehead atoms. The topological polar surface area (TPSA) is 60.8 Å². The predicted octanol–water partition coefficient (Wildman–Crippen LogP) is 2.30. The molecular formula is C18H19NO3. The monoisotopic (exact) mass is 297 g/mol. The second-order valence-electron chi connectivity index (χ2n) is 5.80. The zero-order valence-electron chi connectivity index (χ0n) is 12.4. The summed E-state index contributed by atoms with van der Waals surface area (Å²) in [5.41, 5.74) is 1.61. The molecule has 0 radical (unpaired) electrons. The van der Waals surface area contributed by atoms with E-state index in [2.05, 4.69) is 0 Å². The highest BCUT2D eigenvalue weighted by atomic mass is 16.3. The first-order chi connectivity index (χ1) is 10.6. The number of aromatic hydroxyl groups is 1. The summed E-state index contributed by atoms with van der Waals surface area (Å²) in [6, 6.07) is 16.3. The van der Waals surface area contributed by atoms with Crippen LogP contribution in [0.2, 0.25) is 0 Å². The van der Waals surface area contributed by atoms with Crippen LogP contribution in [0, 0.1) is 5.92 Å². The van der Waals surface area contributed by atoms with Gasteiger partial charge in [-0.2, -0.15) is 0 Å². The maximum atomic E-state index is 12.5. The van der Waals surface area contributed by atoms with Crippen molar-refractivity contribution in [2.75, 3.05) is 13.6 Å². The van der Waals surface area contributed by atoms with Crippen LogP contribution in [0.15, 0.2) is 54.6 Å². The lowest BCUT2D eigenvalue weighted by Gasteiger charge is -2.23. The number of phenols is 1. The molecule has 4 heteroatoms. The van der Waals surface area contributed by atoms with Gasteiger partial charge in [-0.05, 0) is 23.3 Å². The van der Waals surface area contributed by atoms with Crippen molar-refractivity contribution in [1.82, 2.24) is 4.90 Å². The highest BCUT2D eigenvalue weighted by Crippen LogP contribution is 2.41. The molecule has 1 aliphatic rings. The number of aliphatic hydroxyl groups excluding tert-OH is 1. The number of likely N-dealkylation sites (tertiary alicyclic amines) is 1. The van der Waals surface area contributed by atoms with Crippen molar-refractivity contribution in [3.63, 3.8) is 0 Å². The van der Waals surface area contributed by atoms with Gasteiger partial charge < -0.3 is 15.1 Å². The molecule has 0 spiro atoms. The number of hydrogen-bond donors (Lipinski definition) is 2. The van der Waals surface area contributed by atoms with Crippen molar-refractivity contribution >= 4 is 5.91 Å². The molecule has 4 nitrogen and oxygen atoms in total. The van der Waals surface area contributed by atoms with E-state index in [1.54, 1.807) is 30.1 Å². The van der Waals surface area contributed by atoms with Crippen molar-refractivity contribution in [1.29, 1.82) is 0 Å². The normalized spacial score (nSPS) is 22.8. The van der Waals surface area contributed by atoms with Crippen LogP contribution in [0.25, 0.3) is 0 Å². The van der Waals surface area contributed by atoms with Gasteiger partial charge in [0.1, 0.15) is 5.75 Å². The van der Waals surface area contributed by atoms with E-state index < -0.39 is 12.0 Å². The van der Waals surface area contributed by atoms with Gasteiger partial charge in [0.05, 0.1) is 12.0 Å². The number of phenolic OH excluding ortho intramolecular Hbond substituents is 1. The highest BCUT2D eigenvalue weighted by Gasteiger charge is 2.44. The summed E-state index contributed by atoms with van der Waals surface area (Å²) in [5, 5.41) is 20.3. The van der Waals surface area contributed by atoms with E-state index in [-0.39, 0.29) is 17.6 Å². The number of nitrogens with zero attached hydrogens (tertiary/aromatic N) is 1. The molecule has 114 valence electrons. The second kappa shape index (κ2) is 5.81. The van der Waals surface area contributed by atoms with E-state index in [4.69, 9.17) is 0 Å². The van der Waals surface area contributed by atoms with Gasteiger partial charge >= 0.3 is 0 Å². The van der Waals surface area contributed by atoms with Crippen LogP contribution in [0.1, 0.15) is 23.1 Å². The second-order valence-corrected chi connectivity index (χ2v) is 5.80. The first kappa shape index (κ1) is 14.6. The Morgan fingerprint density at radius 2 is 1.86 bits per heavy atom. The first-order valence-electron chi connectivity index (χ1n) is 7.35. The summed E-state index contributed by atoms with van der Waals surface area (Å²) in [7, 11) is 1.76. The summed E-state index contributed by atoms with van der Waals surface area (Å²) >= 11 is 0. The average molecular weight is 297 g/mol. The third kappa shape index (κ3) is 2.57. The third-order valence-corrected chi connectivity index (χ3v) is 4.35. The third-order valence-electron chi connectivity index (χ3n) is 4.35. The predicted molar refractivity (Wildman–Crippen MR) is 83.4 cm³/mol. The van der Waals surface area contributed by atoms with Gasteiger partial charge in [0, 0.05) is 19.5 Å². The molecule has 2 aromatic carbocycles. The lowest BCUT2D eigenvalue weighted by Crippen LogP contribution is -2.27. The fraction of sp³-hybridized carbons (Fsp3) is 0.278. The lowest BCUT2D eigenvalue weighted by atomic mass is 9.82. The van der Waals surface area contributed by atoms with Crippen LogP contribution < -0.4 is 0 Å². The Bertz CT molecular complexity index is 671. The fourth-order valence-electron chi connectivity index (χ4n) is 3.21. The molecule has 3 rings (SSSR count). The molecule has 2 aromatic rings. The molecular weight excluding hydrogens is 278 g/mol. The van der Waals surface area contributed by atoms with E-state index in [1.165, 1.54) is 6.07 Å². The summed E-state index contributed by atoms with van der Waals surface area (Å²) < 4.78 is 0. The number of amides is 1. The Labute approximate surface area is 129 Å². The number of hydrogen-bond acceptors (Lipinski definition) is 3. The molecule has 1 saturated heterocycles. The molecule has 22 heavy (non-hydrogen) atoms. The maximum Gasteiger partial charge on any atom is 0.229 e. The summed E-state index contributed by atoms with van der Waals surface area (Å²) in [4.78, 5) is 14.2. The van der Waals surface area contributed by atoms with Crippen molar-refractivity contribution in [2.45, 2.75) is 12.0 Å². The van der Waals surface area contributed by atoms with Gasteiger partial charge in [0.2, 0.25) is 5.91 Å². The van der Waals surface area contributed by atoms with Gasteiger partial charge in [0.25, 0.3) is 0 Å². The van der Waals surface area contributed by atoms with E-state index in [0.717, 1.165) is 5.56 Å². The molecule has 2 N–H and O–H groups in total. The summed E-state index contributed by atoms with van der Waals surface area (Å²) in [6.45, 7) is 0.587. The maximum absolute atomic E-state index is 12.5. The van der Waals surface area contributed by atoms with Gasteiger partial charge in [0.15, 0.2) is 0 Å². The van der Waals surface area contributed by atoms with Gasteiger partial charge in [-0.3, -0.25) is 4.79 Å². The summed E-state index contributed by atoms with van der Waals surface area (Å²) in [5.74, 6) is -0.568. The standard InChI is InChI=1S/C18H19NO3/c1-19-11-15(12-6-3-2-4-7-12)16(18(19)22)17(21)13-8-5-9-14(20)10-13/h2-10,15-17,20-21H,11H2,1H3/t15-,16+,17-/m1/s1. The molecule has 3 atom stereocenters. The van der Waals surface area contributed by atoms with E-state index in [9.17, 15) is 15.0 Å².